The van der Waals surface area contributed by atoms with Gasteiger partial charge in [0, 0.05) is 17.1 Å². The molecule has 31 heavy (non-hydrogen) atoms. The van der Waals surface area contributed by atoms with E-state index in [0.29, 0.717) is 23.7 Å². The van der Waals surface area contributed by atoms with Crippen molar-refractivity contribution in [2.24, 2.45) is 0 Å². The minimum atomic E-state index is -0.775. The summed E-state index contributed by atoms with van der Waals surface area (Å²) in [6.45, 7) is 4.84. The number of rotatable bonds is 7. The molecule has 3 saturated heterocycles. The SMILES string of the molecule is CC1(C)O[C@@H]2[C@@H](CNC3OC3c3ccccc3Cl)OC[C@]2(CNC(=O)c2ccoc2)O1. The van der Waals surface area contributed by atoms with E-state index in [1.807, 2.05) is 38.1 Å². The highest BCUT2D eigenvalue weighted by atomic mass is 35.5. The van der Waals surface area contributed by atoms with Gasteiger partial charge in [0.25, 0.3) is 5.91 Å². The maximum atomic E-state index is 12.4. The molecule has 0 aliphatic carbocycles. The maximum absolute atomic E-state index is 12.4. The summed E-state index contributed by atoms with van der Waals surface area (Å²) in [7, 11) is 0. The second kappa shape index (κ2) is 7.88. The minimum Gasteiger partial charge on any atom is -0.472 e. The van der Waals surface area contributed by atoms with E-state index in [9.17, 15) is 4.79 Å². The molecule has 0 saturated carbocycles. The summed E-state index contributed by atoms with van der Waals surface area (Å²) in [6, 6.07) is 9.27. The lowest BCUT2D eigenvalue weighted by Gasteiger charge is -2.27. The van der Waals surface area contributed by atoms with Gasteiger partial charge in [-0.15, -0.1) is 0 Å². The summed E-state index contributed by atoms with van der Waals surface area (Å²) >= 11 is 6.26. The summed E-state index contributed by atoms with van der Waals surface area (Å²) in [5, 5.41) is 6.98. The molecule has 5 rings (SSSR count). The fourth-order valence-electron chi connectivity index (χ4n) is 4.37. The van der Waals surface area contributed by atoms with Crippen LogP contribution in [0.3, 0.4) is 0 Å². The van der Waals surface area contributed by atoms with Crippen molar-refractivity contribution in [3.63, 3.8) is 0 Å². The second-order valence-electron chi connectivity index (χ2n) is 8.56. The average molecular weight is 449 g/mol. The summed E-state index contributed by atoms with van der Waals surface area (Å²) in [4.78, 5) is 12.4. The van der Waals surface area contributed by atoms with E-state index in [2.05, 4.69) is 10.6 Å². The van der Waals surface area contributed by atoms with Crippen molar-refractivity contribution < 1.29 is 28.2 Å². The van der Waals surface area contributed by atoms with Crippen LogP contribution in [0.5, 0.6) is 0 Å². The highest BCUT2D eigenvalue weighted by molar-refractivity contribution is 6.31. The van der Waals surface area contributed by atoms with Gasteiger partial charge in [-0.3, -0.25) is 10.1 Å². The Hall–Kier alpha value is -1.94. The van der Waals surface area contributed by atoms with Crippen molar-refractivity contribution in [2.75, 3.05) is 19.7 Å². The first-order valence-corrected chi connectivity index (χ1v) is 10.7. The predicted octanol–water partition coefficient (Wildman–Crippen LogP) is 2.64. The third kappa shape index (κ3) is 4.11. The Bertz CT molecular complexity index is 951. The Morgan fingerprint density at radius 3 is 2.87 bits per heavy atom. The third-order valence-corrected chi connectivity index (χ3v) is 6.16. The standard InChI is InChI=1S/C22H25ClN2O6/c1-21(2)30-18-16(9-24-20-17(29-20)14-5-3-4-6-15(14)23)28-12-22(18,31-21)11-25-19(26)13-7-8-27-10-13/h3-8,10,16-18,20,24H,9,11-12H2,1-2H3,(H,25,26)/t16-,17?,18-,20?,22+/m1/s1. The van der Waals surface area contributed by atoms with Gasteiger partial charge in [0.05, 0.1) is 31.1 Å². The Morgan fingerprint density at radius 2 is 2.10 bits per heavy atom. The molecule has 2 unspecified atom stereocenters. The van der Waals surface area contributed by atoms with Gasteiger partial charge in [-0.25, -0.2) is 0 Å². The number of furan rings is 1. The smallest absolute Gasteiger partial charge is 0.254 e. The number of halogens is 1. The molecule has 1 amide bonds. The fourth-order valence-corrected chi connectivity index (χ4v) is 4.61. The number of benzene rings is 1. The van der Waals surface area contributed by atoms with Crippen molar-refractivity contribution in [3.05, 3.63) is 59.0 Å². The highest BCUT2D eigenvalue weighted by Gasteiger charge is 2.61. The highest BCUT2D eigenvalue weighted by Crippen LogP contribution is 2.44. The van der Waals surface area contributed by atoms with Crippen molar-refractivity contribution in [1.82, 2.24) is 10.6 Å². The van der Waals surface area contributed by atoms with Gasteiger partial charge in [-0.1, -0.05) is 29.8 Å². The molecule has 4 heterocycles. The van der Waals surface area contributed by atoms with Crippen molar-refractivity contribution >= 4 is 17.5 Å². The summed E-state index contributed by atoms with van der Waals surface area (Å²) in [5.41, 5.74) is 0.661. The molecule has 3 fully saturated rings. The fraction of sp³-hybridized carbons (Fsp3) is 0.500. The van der Waals surface area contributed by atoms with E-state index in [4.69, 9.17) is 35.0 Å². The zero-order valence-corrected chi connectivity index (χ0v) is 18.1. The number of carbonyl (C=O) groups excluding carboxylic acids is 1. The maximum Gasteiger partial charge on any atom is 0.254 e. The predicted molar refractivity (Wildman–Crippen MR) is 111 cm³/mol. The van der Waals surface area contributed by atoms with Gasteiger partial charge in [0.15, 0.2) is 5.79 Å². The minimum absolute atomic E-state index is 0.0775. The first-order valence-electron chi connectivity index (χ1n) is 10.3. The number of amides is 1. The van der Waals surface area contributed by atoms with E-state index in [1.54, 1.807) is 6.07 Å². The number of carbonyl (C=O) groups is 1. The van der Waals surface area contributed by atoms with Crippen LogP contribution in [0.25, 0.3) is 0 Å². The first kappa shape index (κ1) is 20.9. The van der Waals surface area contributed by atoms with Gasteiger partial charge in [0.2, 0.25) is 0 Å². The van der Waals surface area contributed by atoms with E-state index in [-0.39, 0.29) is 37.0 Å². The monoisotopic (exact) mass is 448 g/mol. The van der Waals surface area contributed by atoms with Gasteiger partial charge in [-0.2, -0.15) is 0 Å². The lowest BCUT2D eigenvalue weighted by atomic mass is 9.96. The molecule has 3 aliphatic heterocycles. The lowest BCUT2D eigenvalue weighted by molar-refractivity contribution is -0.188. The van der Waals surface area contributed by atoms with Gasteiger partial charge in [-0.05, 0) is 26.0 Å². The quantitative estimate of drug-likeness (QED) is 0.629. The Balaban J connectivity index is 1.20. The van der Waals surface area contributed by atoms with Crippen LogP contribution in [-0.4, -0.2) is 55.4 Å². The largest absolute Gasteiger partial charge is 0.472 e. The van der Waals surface area contributed by atoms with Crippen LogP contribution in [0.4, 0.5) is 0 Å². The van der Waals surface area contributed by atoms with Crippen molar-refractivity contribution in [2.45, 2.75) is 49.8 Å². The van der Waals surface area contributed by atoms with Crippen LogP contribution in [0.2, 0.25) is 5.02 Å². The lowest BCUT2D eigenvalue weighted by Crippen LogP contribution is -2.52. The van der Waals surface area contributed by atoms with Crippen LogP contribution < -0.4 is 10.6 Å². The molecule has 8 nitrogen and oxygen atoms in total. The Kier molecular flexibility index (Phi) is 5.32. The normalized spacial score (nSPS) is 33.3. The molecule has 5 atom stereocenters. The van der Waals surface area contributed by atoms with E-state index in [0.717, 1.165) is 5.56 Å². The van der Waals surface area contributed by atoms with Gasteiger partial charge in [0.1, 0.15) is 30.3 Å². The summed E-state index contributed by atoms with van der Waals surface area (Å²) < 4.78 is 29.2. The number of nitrogens with one attached hydrogen (secondary N) is 2. The first-order chi connectivity index (χ1) is 14.9. The van der Waals surface area contributed by atoms with Gasteiger partial charge >= 0.3 is 0 Å². The molecule has 0 radical (unpaired) electrons. The molecule has 1 aromatic carbocycles. The number of hydrogen-bond acceptors (Lipinski definition) is 7. The molecule has 1 aromatic heterocycles. The second-order valence-corrected chi connectivity index (χ2v) is 8.96. The molecule has 0 spiro atoms. The van der Waals surface area contributed by atoms with Crippen LogP contribution in [0, 0.1) is 0 Å². The summed E-state index contributed by atoms with van der Waals surface area (Å²) in [6.07, 6.45) is 2.08. The van der Waals surface area contributed by atoms with Crippen LogP contribution in [-0.2, 0) is 18.9 Å². The average Bonchev–Trinajstić information content (AvgIpc) is 3.05. The Labute approximate surface area is 185 Å². The molecular formula is C22H25ClN2O6. The van der Waals surface area contributed by atoms with E-state index < -0.39 is 11.4 Å². The number of epoxide rings is 1. The molecule has 9 heteroatoms. The van der Waals surface area contributed by atoms with Crippen LogP contribution in [0.15, 0.2) is 47.3 Å². The third-order valence-electron chi connectivity index (χ3n) is 5.81. The van der Waals surface area contributed by atoms with Gasteiger partial charge < -0.3 is 28.7 Å². The molecule has 166 valence electrons. The van der Waals surface area contributed by atoms with Crippen LogP contribution in [0.1, 0.15) is 35.9 Å². The van der Waals surface area contributed by atoms with E-state index >= 15 is 0 Å². The zero-order chi connectivity index (χ0) is 21.6. The van der Waals surface area contributed by atoms with E-state index in [1.165, 1.54) is 12.5 Å². The zero-order valence-electron chi connectivity index (χ0n) is 17.3. The summed E-state index contributed by atoms with van der Waals surface area (Å²) in [5.74, 6) is -1.01. The molecule has 2 aromatic rings. The number of fused-ring (bicyclic) bond motifs is 1. The van der Waals surface area contributed by atoms with Crippen molar-refractivity contribution in [3.8, 4) is 0 Å². The number of ether oxygens (including phenoxy) is 4. The van der Waals surface area contributed by atoms with Crippen molar-refractivity contribution in [1.29, 1.82) is 0 Å². The molecule has 3 aliphatic rings. The van der Waals surface area contributed by atoms with Crippen LogP contribution >= 0.6 is 11.6 Å². The number of hydrogen-bond donors (Lipinski definition) is 2. The topological polar surface area (TPSA) is 94.5 Å². The Morgan fingerprint density at radius 1 is 1.26 bits per heavy atom. The molecule has 0 bridgehead atoms. The molecular weight excluding hydrogens is 424 g/mol. The molecule has 2 N–H and O–H groups in total.